The molecule has 1 saturated heterocycles. The Hall–Kier alpha value is -1.84. The van der Waals surface area contributed by atoms with Crippen LogP contribution >= 0.6 is 0 Å². The number of alkyl halides is 3. The van der Waals surface area contributed by atoms with Crippen LogP contribution in [-0.2, 0) is 4.74 Å². The Morgan fingerprint density at radius 3 is 2.65 bits per heavy atom. The largest absolute Gasteiger partial charge is 0.396 e. The minimum atomic E-state index is -4.51. The van der Waals surface area contributed by atoms with E-state index in [0.29, 0.717) is 0 Å². The molecule has 0 aliphatic carbocycles. The fourth-order valence-electron chi connectivity index (χ4n) is 2.42. The monoisotopic (exact) mass is 295 g/mol. The highest BCUT2D eigenvalue weighted by atomic mass is 19.4. The molecule has 1 aliphatic heterocycles. The first kappa shape index (κ1) is 14.6. The SMILES string of the molecule is Cc1c([N+](=O)[O-])c(=O)[nH]n1C1CCOCC1C(F)(F)F. The summed E-state index contributed by atoms with van der Waals surface area (Å²) in [7, 11) is 0. The summed E-state index contributed by atoms with van der Waals surface area (Å²) < 4.78 is 44.6. The number of aromatic nitrogens is 2. The lowest BCUT2D eigenvalue weighted by molar-refractivity contribution is -0.386. The van der Waals surface area contributed by atoms with E-state index in [1.165, 1.54) is 6.92 Å². The molecule has 7 nitrogen and oxygen atoms in total. The Balaban J connectivity index is 2.46. The molecule has 0 saturated carbocycles. The number of hydrogen-bond donors (Lipinski definition) is 1. The van der Waals surface area contributed by atoms with Gasteiger partial charge in [0.2, 0.25) is 0 Å². The van der Waals surface area contributed by atoms with Crippen LogP contribution in [0.1, 0.15) is 18.2 Å². The van der Waals surface area contributed by atoms with Gasteiger partial charge >= 0.3 is 17.4 Å². The topological polar surface area (TPSA) is 90.2 Å². The van der Waals surface area contributed by atoms with E-state index >= 15 is 0 Å². The van der Waals surface area contributed by atoms with Gasteiger partial charge in [0, 0.05) is 6.61 Å². The average Bonchev–Trinajstić information content (AvgIpc) is 2.63. The molecule has 1 aliphatic rings. The molecule has 2 unspecified atom stereocenters. The summed E-state index contributed by atoms with van der Waals surface area (Å²) in [6.07, 6.45) is -4.49. The van der Waals surface area contributed by atoms with E-state index in [9.17, 15) is 28.1 Å². The van der Waals surface area contributed by atoms with Gasteiger partial charge < -0.3 is 4.74 Å². The number of rotatable bonds is 2. The van der Waals surface area contributed by atoms with E-state index < -0.39 is 40.9 Å². The lowest BCUT2D eigenvalue weighted by Crippen LogP contribution is -2.40. The smallest absolute Gasteiger partial charge is 0.381 e. The molecule has 1 aromatic rings. The summed E-state index contributed by atoms with van der Waals surface area (Å²) in [5, 5.41) is 12.9. The summed E-state index contributed by atoms with van der Waals surface area (Å²) in [5.74, 6) is -1.81. The molecule has 1 aromatic heterocycles. The van der Waals surface area contributed by atoms with Crippen LogP contribution in [0.25, 0.3) is 0 Å². The van der Waals surface area contributed by atoms with Crippen molar-refractivity contribution < 1.29 is 22.8 Å². The summed E-state index contributed by atoms with van der Waals surface area (Å²) in [4.78, 5) is 21.3. The van der Waals surface area contributed by atoms with Crippen molar-refractivity contribution in [3.8, 4) is 0 Å². The lowest BCUT2D eigenvalue weighted by atomic mass is 9.95. The maximum Gasteiger partial charge on any atom is 0.396 e. The van der Waals surface area contributed by atoms with Crippen LogP contribution < -0.4 is 5.56 Å². The van der Waals surface area contributed by atoms with Gasteiger partial charge in [0.25, 0.3) is 0 Å². The van der Waals surface area contributed by atoms with E-state index in [0.717, 1.165) is 4.68 Å². The molecule has 2 atom stereocenters. The van der Waals surface area contributed by atoms with E-state index in [-0.39, 0.29) is 18.7 Å². The number of nitrogens with zero attached hydrogens (tertiary/aromatic N) is 2. The predicted octanol–water partition coefficient (Wildman–Crippen LogP) is 1.53. The molecule has 112 valence electrons. The van der Waals surface area contributed by atoms with Gasteiger partial charge in [-0.15, -0.1) is 0 Å². The van der Waals surface area contributed by atoms with Gasteiger partial charge in [-0.05, 0) is 13.3 Å². The maximum atomic E-state index is 13.0. The first-order valence-corrected chi connectivity index (χ1v) is 5.83. The van der Waals surface area contributed by atoms with Crippen LogP contribution in [0.3, 0.4) is 0 Å². The Kier molecular flexibility index (Phi) is 3.59. The summed E-state index contributed by atoms with van der Waals surface area (Å²) in [6.45, 7) is 0.825. The molecular weight excluding hydrogens is 283 g/mol. The minimum absolute atomic E-state index is 0.0206. The Bertz CT molecular complexity index is 577. The molecule has 0 radical (unpaired) electrons. The van der Waals surface area contributed by atoms with Crippen molar-refractivity contribution in [3.63, 3.8) is 0 Å². The van der Waals surface area contributed by atoms with Crippen LogP contribution in [0.5, 0.6) is 0 Å². The van der Waals surface area contributed by atoms with Gasteiger partial charge in [-0.3, -0.25) is 24.7 Å². The van der Waals surface area contributed by atoms with Crippen LogP contribution in [0, 0.1) is 23.0 Å². The third-order valence-electron chi connectivity index (χ3n) is 3.40. The van der Waals surface area contributed by atoms with Gasteiger partial charge in [-0.1, -0.05) is 0 Å². The highest BCUT2D eigenvalue weighted by molar-refractivity contribution is 5.32. The van der Waals surface area contributed by atoms with Crippen LogP contribution in [0.2, 0.25) is 0 Å². The van der Waals surface area contributed by atoms with Gasteiger partial charge in [-0.2, -0.15) is 13.2 Å². The number of nitro groups is 1. The molecule has 1 fully saturated rings. The van der Waals surface area contributed by atoms with Crippen molar-refractivity contribution >= 4 is 5.69 Å². The average molecular weight is 295 g/mol. The predicted molar refractivity (Wildman–Crippen MR) is 60.5 cm³/mol. The number of H-pyrrole nitrogens is 1. The first-order chi connectivity index (χ1) is 9.23. The molecule has 0 spiro atoms. The zero-order valence-corrected chi connectivity index (χ0v) is 10.4. The normalized spacial score (nSPS) is 23.8. The second-order valence-corrected chi connectivity index (χ2v) is 4.58. The Morgan fingerprint density at radius 1 is 1.50 bits per heavy atom. The summed E-state index contributed by atoms with van der Waals surface area (Å²) >= 11 is 0. The van der Waals surface area contributed by atoms with Crippen molar-refractivity contribution in [3.05, 3.63) is 26.2 Å². The number of nitrogens with one attached hydrogen (secondary N) is 1. The van der Waals surface area contributed by atoms with Crippen LogP contribution in [-0.4, -0.2) is 34.1 Å². The summed E-state index contributed by atoms with van der Waals surface area (Å²) in [5.41, 5.74) is -1.83. The number of halogens is 3. The Labute approximate surface area is 110 Å². The van der Waals surface area contributed by atoms with Crippen molar-refractivity contribution in [1.82, 2.24) is 9.78 Å². The second kappa shape index (κ2) is 4.93. The molecule has 0 bridgehead atoms. The molecule has 20 heavy (non-hydrogen) atoms. The van der Waals surface area contributed by atoms with Gasteiger partial charge in [0.1, 0.15) is 11.6 Å². The zero-order valence-electron chi connectivity index (χ0n) is 10.4. The first-order valence-electron chi connectivity index (χ1n) is 5.83. The molecule has 0 amide bonds. The fourth-order valence-corrected chi connectivity index (χ4v) is 2.42. The van der Waals surface area contributed by atoms with Crippen molar-refractivity contribution in [1.29, 1.82) is 0 Å². The summed E-state index contributed by atoms with van der Waals surface area (Å²) in [6, 6.07) is -1.11. The quantitative estimate of drug-likeness (QED) is 0.661. The highest BCUT2D eigenvalue weighted by Gasteiger charge is 2.48. The van der Waals surface area contributed by atoms with Crippen molar-refractivity contribution in [2.75, 3.05) is 13.2 Å². The molecule has 1 N–H and O–H groups in total. The standard InChI is InChI=1S/C10H12F3N3O4/c1-5-8(16(18)19)9(17)14-15(5)7-2-3-20-4-6(7)10(11,12)13/h6-7H,2-4H2,1H3,(H,14,17). The van der Waals surface area contributed by atoms with Crippen LogP contribution in [0.15, 0.2) is 4.79 Å². The van der Waals surface area contributed by atoms with E-state index in [2.05, 4.69) is 5.10 Å². The zero-order chi connectivity index (χ0) is 15.1. The van der Waals surface area contributed by atoms with E-state index in [1.807, 2.05) is 0 Å². The Morgan fingerprint density at radius 2 is 2.15 bits per heavy atom. The highest BCUT2D eigenvalue weighted by Crippen LogP contribution is 2.39. The van der Waals surface area contributed by atoms with Crippen molar-refractivity contribution in [2.45, 2.75) is 25.6 Å². The van der Waals surface area contributed by atoms with Crippen LogP contribution in [0.4, 0.5) is 18.9 Å². The molecule has 2 heterocycles. The molecular formula is C10H12F3N3O4. The third-order valence-corrected chi connectivity index (χ3v) is 3.40. The molecule has 0 aromatic carbocycles. The van der Waals surface area contributed by atoms with Gasteiger partial charge in [0.05, 0.1) is 17.6 Å². The van der Waals surface area contributed by atoms with Gasteiger partial charge in [0.15, 0.2) is 0 Å². The van der Waals surface area contributed by atoms with E-state index in [1.54, 1.807) is 0 Å². The lowest BCUT2D eigenvalue weighted by Gasteiger charge is -2.33. The maximum absolute atomic E-state index is 13.0. The van der Waals surface area contributed by atoms with Crippen molar-refractivity contribution in [2.24, 2.45) is 5.92 Å². The number of hydrogen-bond acceptors (Lipinski definition) is 4. The third kappa shape index (κ3) is 2.42. The minimum Gasteiger partial charge on any atom is -0.381 e. The number of aromatic amines is 1. The fraction of sp³-hybridized carbons (Fsp3) is 0.700. The molecule has 10 heteroatoms. The van der Waals surface area contributed by atoms with Gasteiger partial charge in [-0.25, -0.2) is 0 Å². The second-order valence-electron chi connectivity index (χ2n) is 4.58. The number of ether oxygens (including phenoxy) is 1. The van der Waals surface area contributed by atoms with E-state index in [4.69, 9.17) is 4.74 Å². The molecule has 2 rings (SSSR count).